The Morgan fingerprint density at radius 2 is 1.59 bits per heavy atom. The van der Waals surface area contributed by atoms with Crippen LogP contribution in [0.1, 0.15) is 10.4 Å². The third-order valence-electron chi connectivity index (χ3n) is 4.92. The Kier molecular flexibility index (Phi) is 7.20. The molecule has 0 atom stereocenters. The van der Waals surface area contributed by atoms with Crippen molar-refractivity contribution in [3.63, 3.8) is 0 Å². The minimum Gasteiger partial charge on any atom is -0.495 e. The molecular weight excluding hydrogens is 458 g/mol. The Hall–Kier alpha value is -2.51. The number of morpholine rings is 1. The van der Waals surface area contributed by atoms with E-state index in [1.165, 1.54) is 68.0 Å². The number of hydrogen-bond donors (Lipinski definition) is 1. The second-order valence-electron chi connectivity index (χ2n) is 7.14. The zero-order valence-electron chi connectivity index (χ0n) is 17.9. The van der Waals surface area contributed by atoms with Gasteiger partial charge in [0.15, 0.2) is 0 Å². The molecule has 1 saturated heterocycles. The van der Waals surface area contributed by atoms with Gasteiger partial charge < -0.3 is 14.8 Å². The molecule has 2 aromatic rings. The largest absolute Gasteiger partial charge is 0.495 e. The third-order valence-corrected chi connectivity index (χ3v) is 8.65. The number of nitrogens with zero attached hydrogens (tertiary/aromatic N) is 2. The van der Waals surface area contributed by atoms with Crippen LogP contribution in [0.3, 0.4) is 0 Å². The maximum Gasteiger partial charge on any atom is 0.255 e. The van der Waals surface area contributed by atoms with E-state index in [2.05, 4.69) is 5.32 Å². The quantitative estimate of drug-likeness (QED) is 0.628. The van der Waals surface area contributed by atoms with Gasteiger partial charge in [-0.25, -0.2) is 21.1 Å². The molecule has 1 amide bonds. The first-order valence-electron chi connectivity index (χ1n) is 9.67. The van der Waals surface area contributed by atoms with Gasteiger partial charge in [-0.05, 0) is 42.5 Å². The van der Waals surface area contributed by atoms with Crippen molar-refractivity contribution in [2.45, 2.75) is 9.79 Å². The Balaban J connectivity index is 1.86. The van der Waals surface area contributed by atoms with E-state index in [0.29, 0.717) is 13.2 Å². The van der Waals surface area contributed by atoms with Gasteiger partial charge in [0.1, 0.15) is 5.75 Å². The molecule has 1 fully saturated rings. The molecule has 1 aliphatic rings. The molecule has 32 heavy (non-hydrogen) atoms. The minimum atomic E-state index is -3.76. The van der Waals surface area contributed by atoms with Gasteiger partial charge in [-0.3, -0.25) is 4.79 Å². The normalized spacial score (nSPS) is 15.5. The molecule has 0 bridgehead atoms. The Morgan fingerprint density at radius 1 is 1.00 bits per heavy atom. The summed E-state index contributed by atoms with van der Waals surface area (Å²) in [6, 6.07) is 9.66. The minimum absolute atomic E-state index is 0.0166. The van der Waals surface area contributed by atoms with Crippen LogP contribution in [-0.4, -0.2) is 78.9 Å². The zero-order chi connectivity index (χ0) is 23.5. The summed E-state index contributed by atoms with van der Waals surface area (Å²) in [5.74, 6) is -0.260. The number of rotatable bonds is 7. The first-order chi connectivity index (χ1) is 15.1. The van der Waals surface area contributed by atoms with Gasteiger partial charge in [-0.1, -0.05) is 0 Å². The molecule has 0 aromatic heterocycles. The maximum absolute atomic E-state index is 12.9. The number of methoxy groups -OCH3 is 1. The average molecular weight is 484 g/mol. The van der Waals surface area contributed by atoms with Gasteiger partial charge in [0.25, 0.3) is 5.91 Å². The van der Waals surface area contributed by atoms with Crippen molar-refractivity contribution in [3.05, 3.63) is 48.0 Å². The van der Waals surface area contributed by atoms with E-state index < -0.39 is 26.0 Å². The lowest BCUT2D eigenvalue weighted by atomic mass is 10.2. The van der Waals surface area contributed by atoms with Gasteiger partial charge in [-0.15, -0.1) is 0 Å². The average Bonchev–Trinajstić information content (AvgIpc) is 2.79. The molecule has 0 spiro atoms. The molecule has 12 heteroatoms. The van der Waals surface area contributed by atoms with Crippen LogP contribution in [0.2, 0.25) is 0 Å². The van der Waals surface area contributed by atoms with Crippen molar-refractivity contribution in [3.8, 4) is 5.75 Å². The molecule has 0 saturated carbocycles. The summed E-state index contributed by atoms with van der Waals surface area (Å²) >= 11 is 0. The fourth-order valence-electron chi connectivity index (χ4n) is 3.06. The van der Waals surface area contributed by atoms with Crippen LogP contribution in [0.25, 0.3) is 0 Å². The highest BCUT2D eigenvalue weighted by molar-refractivity contribution is 7.89. The molecule has 1 aliphatic heterocycles. The highest BCUT2D eigenvalue weighted by Crippen LogP contribution is 2.30. The predicted octanol–water partition coefficient (Wildman–Crippen LogP) is 1.22. The van der Waals surface area contributed by atoms with Gasteiger partial charge in [0, 0.05) is 32.7 Å². The fourth-order valence-corrected chi connectivity index (χ4v) is 5.40. The molecule has 1 N–H and O–H groups in total. The van der Waals surface area contributed by atoms with Crippen LogP contribution in [0.15, 0.2) is 52.3 Å². The van der Waals surface area contributed by atoms with Gasteiger partial charge >= 0.3 is 0 Å². The van der Waals surface area contributed by atoms with Crippen LogP contribution >= 0.6 is 0 Å². The van der Waals surface area contributed by atoms with Crippen LogP contribution in [0, 0.1) is 0 Å². The summed E-state index contributed by atoms with van der Waals surface area (Å²) in [5, 5.41) is 2.64. The lowest BCUT2D eigenvalue weighted by Gasteiger charge is -2.26. The number of anilines is 1. The summed E-state index contributed by atoms with van der Waals surface area (Å²) in [5.41, 5.74) is 0.378. The fraction of sp³-hybridized carbons (Fsp3) is 0.350. The molecule has 0 radical (unpaired) electrons. The smallest absolute Gasteiger partial charge is 0.255 e. The predicted molar refractivity (Wildman–Crippen MR) is 118 cm³/mol. The summed E-state index contributed by atoms with van der Waals surface area (Å²) in [7, 11) is -3.15. The van der Waals surface area contributed by atoms with E-state index in [4.69, 9.17) is 9.47 Å². The number of hydrogen-bond acceptors (Lipinski definition) is 7. The highest BCUT2D eigenvalue weighted by Gasteiger charge is 2.27. The van der Waals surface area contributed by atoms with Crippen molar-refractivity contribution in [2.24, 2.45) is 0 Å². The molecule has 2 aromatic carbocycles. The van der Waals surface area contributed by atoms with E-state index in [9.17, 15) is 21.6 Å². The summed E-state index contributed by atoms with van der Waals surface area (Å²) in [4.78, 5) is 12.8. The Morgan fingerprint density at radius 3 is 2.16 bits per heavy atom. The number of carbonyl (C=O) groups excluding carboxylic acids is 1. The second kappa shape index (κ2) is 9.55. The summed E-state index contributed by atoms with van der Waals surface area (Å²) < 4.78 is 63.1. The highest BCUT2D eigenvalue weighted by atomic mass is 32.2. The Labute approximate surface area is 187 Å². The van der Waals surface area contributed by atoms with Crippen LogP contribution in [0.4, 0.5) is 5.69 Å². The molecule has 0 unspecified atom stereocenters. The molecule has 174 valence electrons. The molecule has 1 heterocycles. The van der Waals surface area contributed by atoms with Gasteiger partial charge in [0.2, 0.25) is 20.0 Å². The van der Waals surface area contributed by atoms with Crippen molar-refractivity contribution in [1.29, 1.82) is 0 Å². The number of amides is 1. The van der Waals surface area contributed by atoms with E-state index in [1.54, 1.807) is 0 Å². The monoisotopic (exact) mass is 483 g/mol. The Bertz CT molecular complexity index is 1190. The number of ether oxygens (including phenoxy) is 2. The SMILES string of the molecule is COc1ccc(S(=O)(=O)N2CCOCC2)cc1NC(=O)c1ccc(S(=O)(=O)N(C)C)cc1. The van der Waals surface area contributed by atoms with Crippen LogP contribution < -0.4 is 10.1 Å². The summed E-state index contributed by atoms with van der Waals surface area (Å²) in [6.07, 6.45) is 0. The maximum atomic E-state index is 12.9. The molecule has 3 rings (SSSR count). The van der Waals surface area contributed by atoms with Crippen molar-refractivity contribution >= 4 is 31.6 Å². The molecular formula is C20H25N3O7S2. The topological polar surface area (TPSA) is 122 Å². The lowest BCUT2D eigenvalue weighted by Crippen LogP contribution is -2.40. The van der Waals surface area contributed by atoms with E-state index in [-0.39, 0.29) is 39.9 Å². The first-order valence-corrected chi connectivity index (χ1v) is 12.6. The van der Waals surface area contributed by atoms with Crippen molar-refractivity contribution in [2.75, 3.05) is 52.8 Å². The van der Waals surface area contributed by atoms with E-state index >= 15 is 0 Å². The van der Waals surface area contributed by atoms with Gasteiger partial charge in [0.05, 0.1) is 35.8 Å². The molecule has 10 nitrogen and oxygen atoms in total. The number of carbonyl (C=O) groups is 1. The standard InChI is InChI=1S/C20H25N3O7S2/c1-22(2)31(25,26)16-6-4-15(5-7-16)20(24)21-18-14-17(8-9-19(18)29-3)32(27,28)23-10-12-30-13-11-23/h4-9,14H,10-13H2,1-3H3,(H,21,24). The third kappa shape index (κ3) is 4.94. The lowest BCUT2D eigenvalue weighted by molar-refractivity contribution is 0.0730. The first kappa shape index (κ1) is 24.1. The second-order valence-corrected chi connectivity index (χ2v) is 11.2. The van der Waals surface area contributed by atoms with Crippen molar-refractivity contribution in [1.82, 2.24) is 8.61 Å². The summed E-state index contributed by atoms with van der Waals surface area (Å²) in [6.45, 7) is 1.13. The number of nitrogens with one attached hydrogen (secondary N) is 1. The van der Waals surface area contributed by atoms with Gasteiger partial charge in [-0.2, -0.15) is 4.31 Å². The van der Waals surface area contributed by atoms with Crippen LogP contribution in [-0.2, 0) is 24.8 Å². The van der Waals surface area contributed by atoms with Crippen molar-refractivity contribution < 1.29 is 31.1 Å². The van der Waals surface area contributed by atoms with Crippen LogP contribution in [0.5, 0.6) is 5.75 Å². The number of benzene rings is 2. The molecule has 0 aliphatic carbocycles. The number of sulfonamides is 2. The van der Waals surface area contributed by atoms with E-state index in [1.807, 2.05) is 0 Å². The zero-order valence-corrected chi connectivity index (χ0v) is 19.6. The van der Waals surface area contributed by atoms with E-state index in [0.717, 1.165) is 4.31 Å².